The Morgan fingerprint density at radius 2 is 2.25 bits per heavy atom. The summed E-state index contributed by atoms with van der Waals surface area (Å²) in [5, 5.41) is 5.88. The number of nitrogens with zero attached hydrogens (tertiary/aromatic N) is 2. The van der Waals surface area contributed by atoms with E-state index < -0.39 is 0 Å². The molecule has 0 unspecified atom stereocenters. The van der Waals surface area contributed by atoms with Crippen molar-refractivity contribution in [3.63, 3.8) is 0 Å². The van der Waals surface area contributed by atoms with Crippen LogP contribution in [0.15, 0.2) is 18.3 Å². The molecule has 1 aromatic rings. The van der Waals surface area contributed by atoms with Crippen LogP contribution in [0.3, 0.4) is 0 Å². The summed E-state index contributed by atoms with van der Waals surface area (Å²) in [5.74, 6) is 0.908. The van der Waals surface area contributed by atoms with Crippen molar-refractivity contribution < 1.29 is 9.53 Å². The second-order valence-corrected chi connectivity index (χ2v) is 4.54. The lowest BCUT2D eigenvalue weighted by atomic mass is 10.2. The zero-order chi connectivity index (χ0) is 14.8. The smallest absolute Gasteiger partial charge is 0.221 e. The number of nitrogens with one attached hydrogen (secondary N) is 2. The summed E-state index contributed by atoms with van der Waals surface area (Å²) in [7, 11) is 5.26. The minimum atomic E-state index is 0.0378. The molecule has 1 amide bonds. The molecule has 6 nitrogen and oxygen atoms in total. The van der Waals surface area contributed by atoms with Crippen LogP contribution in [0.4, 0.5) is 5.82 Å². The number of carbonyl (C=O) groups excluding carboxylic acids is 1. The van der Waals surface area contributed by atoms with Crippen LogP contribution in [0.2, 0.25) is 0 Å². The molecule has 0 atom stereocenters. The van der Waals surface area contributed by atoms with Crippen LogP contribution >= 0.6 is 0 Å². The van der Waals surface area contributed by atoms with Crippen molar-refractivity contribution in [3.8, 4) is 0 Å². The van der Waals surface area contributed by atoms with Crippen molar-refractivity contribution in [3.05, 3.63) is 23.9 Å². The van der Waals surface area contributed by atoms with Gasteiger partial charge in [0.2, 0.25) is 5.91 Å². The highest BCUT2D eigenvalue weighted by Crippen LogP contribution is 2.09. The molecule has 6 heteroatoms. The number of hydrogen-bond donors (Lipinski definition) is 2. The van der Waals surface area contributed by atoms with Gasteiger partial charge in [-0.1, -0.05) is 6.07 Å². The Bertz CT molecular complexity index is 395. The number of anilines is 1. The monoisotopic (exact) mass is 280 g/mol. The van der Waals surface area contributed by atoms with Crippen molar-refractivity contribution in [1.29, 1.82) is 0 Å². The Morgan fingerprint density at radius 1 is 1.45 bits per heavy atom. The van der Waals surface area contributed by atoms with Gasteiger partial charge in [0, 0.05) is 53.5 Å². The zero-order valence-corrected chi connectivity index (χ0v) is 12.5. The minimum Gasteiger partial charge on any atom is -0.383 e. The van der Waals surface area contributed by atoms with E-state index in [-0.39, 0.29) is 5.91 Å². The molecule has 0 spiro atoms. The van der Waals surface area contributed by atoms with E-state index >= 15 is 0 Å². The predicted octanol–water partition coefficient (Wildman–Crippen LogP) is 0.390. The molecular weight excluding hydrogens is 256 g/mol. The van der Waals surface area contributed by atoms with Gasteiger partial charge < -0.3 is 20.3 Å². The molecule has 0 saturated heterocycles. The molecule has 0 aliphatic heterocycles. The first-order valence-electron chi connectivity index (χ1n) is 6.73. The minimum absolute atomic E-state index is 0.0378. The molecule has 0 saturated carbocycles. The molecule has 0 bridgehead atoms. The number of methoxy groups -OCH3 is 1. The Labute approximate surface area is 120 Å². The number of pyridine rings is 1. The molecule has 0 aliphatic rings. The van der Waals surface area contributed by atoms with Gasteiger partial charge in [-0.2, -0.15) is 0 Å². The second kappa shape index (κ2) is 9.28. The maximum absolute atomic E-state index is 11.2. The molecule has 1 aromatic heterocycles. The standard InChI is InChI=1S/C14H24N4O2/c1-15-14(19)6-8-18(2)13-5-4-12(11-17-13)10-16-7-9-20-3/h4-5,11,16H,6-10H2,1-3H3,(H,15,19). The van der Waals surface area contributed by atoms with Crippen LogP contribution in [0.1, 0.15) is 12.0 Å². The lowest BCUT2D eigenvalue weighted by Crippen LogP contribution is -2.26. The number of hydrogen-bond acceptors (Lipinski definition) is 5. The third-order valence-electron chi connectivity index (χ3n) is 2.97. The van der Waals surface area contributed by atoms with E-state index in [9.17, 15) is 4.79 Å². The number of rotatable bonds is 9. The molecule has 0 aliphatic carbocycles. The number of ether oxygens (including phenoxy) is 1. The average Bonchev–Trinajstić information content (AvgIpc) is 2.49. The SMILES string of the molecule is CNC(=O)CCN(C)c1ccc(CNCCOC)cn1. The lowest BCUT2D eigenvalue weighted by Gasteiger charge is -2.17. The van der Waals surface area contributed by atoms with Crippen LogP contribution < -0.4 is 15.5 Å². The summed E-state index contributed by atoms with van der Waals surface area (Å²) in [4.78, 5) is 17.6. The van der Waals surface area contributed by atoms with E-state index in [1.54, 1.807) is 14.2 Å². The molecule has 0 radical (unpaired) electrons. The van der Waals surface area contributed by atoms with Gasteiger partial charge in [0.15, 0.2) is 0 Å². The fourth-order valence-corrected chi connectivity index (χ4v) is 1.66. The molecule has 112 valence electrons. The number of amides is 1. The van der Waals surface area contributed by atoms with Gasteiger partial charge in [-0.25, -0.2) is 4.98 Å². The topological polar surface area (TPSA) is 66.5 Å². The first-order valence-corrected chi connectivity index (χ1v) is 6.73. The fourth-order valence-electron chi connectivity index (χ4n) is 1.66. The molecule has 1 rings (SSSR count). The van der Waals surface area contributed by atoms with Crippen molar-refractivity contribution in [2.45, 2.75) is 13.0 Å². The second-order valence-electron chi connectivity index (χ2n) is 4.54. The predicted molar refractivity (Wildman–Crippen MR) is 79.8 cm³/mol. The molecule has 0 fully saturated rings. The first kappa shape index (κ1) is 16.4. The highest BCUT2D eigenvalue weighted by Gasteiger charge is 2.05. The summed E-state index contributed by atoms with van der Waals surface area (Å²) in [6.07, 6.45) is 2.32. The largest absolute Gasteiger partial charge is 0.383 e. The van der Waals surface area contributed by atoms with Crippen molar-refractivity contribution in [2.75, 3.05) is 45.8 Å². The quantitative estimate of drug-likeness (QED) is 0.641. The van der Waals surface area contributed by atoms with Gasteiger partial charge in [0.05, 0.1) is 6.61 Å². The molecule has 2 N–H and O–H groups in total. The van der Waals surface area contributed by atoms with Crippen LogP contribution in [-0.4, -0.2) is 51.8 Å². The fraction of sp³-hybridized carbons (Fsp3) is 0.571. The van der Waals surface area contributed by atoms with Crippen molar-refractivity contribution >= 4 is 11.7 Å². The van der Waals surface area contributed by atoms with Crippen LogP contribution in [0.25, 0.3) is 0 Å². The molecule has 20 heavy (non-hydrogen) atoms. The Kier molecular flexibility index (Phi) is 7.60. The Hall–Kier alpha value is -1.66. The zero-order valence-electron chi connectivity index (χ0n) is 12.5. The summed E-state index contributed by atoms with van der Waals surface area (Å²) in [6, 6.07) is 4.01. The van der Waals surface area contributed by atoms with E-state index in [4.69, 9.17) is 4.74 Å². The lowest BCUT2D eigenvalue weighted by molar-refractivity contribution is -0.120. The summed E-state index contributed by atoms with van der Waals surface area (Å²) >= 11 is 0. The van der Waals surface area contributed by atoms with Crippen LogP contribution in [-0.2, 0) is 16.1 Å². The number of aromatic nitrogens is 1. The van der Waals surface area contributed by atoms with Crippen LogP contribution in [0, 0.1) is 0 Å². The van der Waals surface area contributed by atoms with E-state index in [1.165, 1.54) is 0 Å². The normalized spacial score (nSPS) is 10.3. The number of carbonyl (C=O) groups is 1. The van der Waals surface area contributed by atoms with Gasteiger partial charge in [-0.05, 0) is 11.6 Å². The summed E-state index contributed by atoms with van der Waals surface area (Å²) < 4.78 is 4.97. The van der Waals surface area contributed by atoms with E-state index in [1.807, 2.05) is 30.3 Å². The third kappa shape index (κ3) is 5.99. The van der Waals surface area contributed by atoms with Crippen molar-refractivity contribution in [1.82, 2.24) is 15.6 Å². The summed E-state index contributed by atoms with van der Waals surface area (Å²) in [5.41, 5.74) is 1.13. The van der Waals surface area contributed by atoms with Gasteiger partial charge in [-0.15, -0.1) is 0 Å². The van der Waals surface area contributed by atoms with Gasteiger partial charge in [0.1, 0.15) is 5.82 Å². The third-order valence-corrected chi connectivity index (χ3v) is 2.97. The molecule has 1 heterocycles. The van der Waals surface area contributed by atoms with Gasteiger partial charge in [-0.3, -0.25) is 4.79 Å². The molecular formula is C14H24N4O2. The Morgan fingerprint density at radius 3 is 2.85 bits per heavy atom. The Balaban J connectivity index is 2.38. The maximum atomic E-state index is 11.2. The summed E-state index contributed by atoms with van der Waals surface area (Å²) in [6.45, 7) is 2.95. The highest BCUT2D eigenvalue weighted by molar-refractivity contribution is 5.76. The van der Waals surface area contributed by atoms with Crippen LogP contribution in [0.5, 0.6) is 0 Å². The van der Waals surface area contributed by atoms with Gasteiger partial charge in [0.25, 0.3) is 0 Å². The highest BCUT2D eigenvalue weighted by atomic mass is 16.5. The van der Waals surface area contributed by atoms with E-state index in [0.717, 1.165) is 24.5 Å². The molecule has 0 aromatic carbocycles. The van der Waals surface area contributed by atoms with Crippen molar-refractivity contribution in [2.24, 2.45) is 0 Å². The van der Waals surface area contributed by atoms with E-state index in [0.29, 0.717) is 19.6 Å². The van der Waals surface area contributed by atoms with Gasteiger partial charge >= 0.3 is 0 Å². The van der Waals surface area contributed by atoms with E-state index in [2.05, 4.69) is 15.6 Å². The average molecular weight is 280 g/mol. The maximum Gasteiger partial charge on any atom is 0.221 e. The first-order chi connectivity index (χ1) is 9.67.